The van der Waals surface area contributed by atoms with E-state index >= 15 is 0 Å². The number of rotatable bonds is 14. The van der Waals surface area contributed by atoms with Crippen LogP contribution in [0.15, 0.2) is 48.5 Å². The molecule has 0 saturated heterocycles. The molecular formula is C28H35N5O4S2. The van der Waals surface area contributed by atoms with Gasteiger partial charge < -0.3 is 25.3 Å². The molecular weight excluding hydrogens is 534 g/mol. The van der Waals surface area contributed by atoms with Crippen LogP contribution in [0.5, 0.6) is 0 Å². The number of amides is 1. The van der Waals surface area contributed by atoms with Crippen LogP contribution in [-0.4, -0.2) is 69.8 Å². The molecule has 1 aliphatic carbocycles. The first-order chi connectivity index (χ1) is 19.1. The minimum atomic E-state index is -0.515. The Kier molecular flexibility index (Phi) is 11.3. The third-order valence-corrected chi connectivity index (χ3v) is 8.68. The Morgan fingerprint density at radius 3 is 2.72 bits per heavy atom. The van der Waals surface area contributed by atoms with Gasteiger partial charge in [0.2, 0.25) is 0 Å². The number of carbonyl (C=O) groups is 1. The molecule has 0 fully saturated rings. The van der Waals surface area contributed by atoms with Crippen molar-refractivity contribution < 1.29 is 19.4 Å². The number of nitrogens with zero attached hydrogens (tertiary/aromatic N) is 3. The number of aliphatic hydroxyl groups excluding tert-OH is 1. The average molecular weight is 570 g/mol. The van der Waals surface area contributed by atoms with Crippen LogP contribution in [0.3, 0.4) is 0 Å². The quantitative estimate of drug-likeness (QED) is 0.139. The normalized spacial score (nSPS) is 13.9. The van der Waals surface area contributed by atoms with Crippen LogP contribution in [0.4, 0.5) is 4.79 Å². The van der Waals surface area contributed by atoms with Gasteiger partial charge in [-0.25, -0.2) is 9.48 Å². The van der Waals surface area contributed by atoms with Gasteiger partial charge in [0.25, 0.3) is 0 Å². The fourth-order valence-corrected chi connectivity index (χ4v) is 6.40. The second-order valence-corrected chi connectivity index (χ2v) is 11.8. The van der Waals surface area contributed by atoms with E-state index in [1.54, 1.807) is 26.3 Å². The zero-order valence-electron chi connectivity index (χ0n) is 22.1. The molecule has 0 radical (unpaired) electrons. The molecule has 0 bridgehead atoms. The van der Waals surface area contributed by atoms with Crippen LogP contribution < -0.4 is 5.32 Å². The second-order valence-electron chi connectivity index (χ2n) is 9.14. The molecule has 1 aliphatic rings. The van der Waals surface area contributed by atoms with Gasteiger partial charge in [0, 0.05) is 46.9 Å². The molecule has 3 N–H and O–H groups in total. The predicted molar refractivity (Wildman–Crippen MR) is 157 cm³/mol. The van der Waals surface area contributed by atoms with E-state index in [1.165, 1.54) is 0 Å². The van der Waals surface area contributed by atoms with Crippen molar-refractivity contribution in [1.29, 1.82) is 5.41 Å². The Bertz CT molecular complexity index is 1250. The van der Waals surface area contributed by atoms with Crippen molar-refractivity contribution >= 4 is 33.4 Å². The number of ether oxygens (including phenoxy) is 2. The third-order valence-electron chi connectivity index (χ3n) is 6.23. The number of hydrogen-bond donors (Lipinski definition) is 3. The van der Waals surface area contributed by atoms with E-state index in [0.717, 1.165) is 63.7 Å². The number of alkyl carbamates (subject to hydrolysis) is 1. The molecule has 1 atom stereocenters. The molecule has 1 amide bonds. The van der Waals surface area contributed by atoms with E-state index in [4.69, 9.17) is 14.9 Å². The highest BCUT2D eigenvalue weighted by atomic mass is 33.1. The summed E-state index contributed by atoms with van der Waals surface area (Å²) >= 11 is 0. The largest absolute Gasteiger partial charge is 0.441 e. The molecule has 1 heterocycles. The van der Waals surface area contributed by atoms with Crippen LogP contribution in [0.25, 0.3) is 22.5 Å². The Balaban J connectivity index is 1.34. The van der Waals surface area contributed by atoms with E-state index in [9.17, 15) is 9.90 Å². The SMILES string of the molecule is CC(=N)CCCSSCCOCCNC(=O)OC1Cc2ccccc2-c2nnn(CCO)c2-c2ccccc21. The Hall–Kier alpha value is -2.86. The van der Waals surface area contributed by atoms with Crippen molar-refractivity contribution in [3.8, 4) is 22.5 Å². The summed E-state index contributed by atoms with van der Waals surface area (Å²) in [6, 6.07) is 15.8. The van der Waals surface area contributed by atoms with Crippen LogP contribution in [-0.2, 0) is 22.4 Å². The Labute approximate surface area is 237 Å². The molecule has 1 unspecified atom stereocenters. The highest BCUT2D eigenvalue weighted by molar-refractivity contribution is 8.76. The third kappa shape index (κ3) is 8.07. The van der Waals surface area contributed by atoms with Crippen molar-refractivity contribution in [1.82, 2.24) is 20.3 Å². The fourth-order valence-electron chi connectivity index (χ4n) is 4.46. The van der Waals surface area contributed by atoms with E-state index in [-0.39, 0.29) is 6.61 Å². The molecule has 9 nitrogen and oxygen atoms in total. The monoisotopic (exact) mass is 569 g/mol. The lowest BCUT2D eigenvalue weighted by molar-refractivity contribution is 0.0922. The maximum Gasteiger partial charge on any atom is 0.407 e. The first-order valence-corrected chi connectivity index (χ1v) is 15.6. The van der Waals surface area contributed by atoms with Crippen molar-refractivity contribution in [3.63, 3.8) is 0 Å². The molecule has 0 saturated carbocycles. The van der Waals surface area contributed by atoms with Gasteiger partial charge in [0.15, 0.2) is 0 Å². The van der Waals surface area contributed by atoms with Gasteiger partial charge in [-0.05, 0) is 25.3 Å². The lowest BCUT2D eigenvalue weighted by Gasteiger charge is -2.25. The number of aliphatic hydroxyl groups is 1. The van der Waals surface area contributed by atoms with Crippen molar-refractivity contribution in [2.45, 2.75) is 38.8 Å². The number of benzene rings is 2. The van der Waals surface area contributed by atoms with Gasteiger partial charge in [-0.1, -0.05) is 75.3 Å². The summed E-state index contributed by atoms with van der Waals surface area (Å²) in [6.07, 6.45) is 1.38. The molecule has 0 aliphatic heterocycles. The molecule has 3 aromatic rings. The minimum Gasteiger partial charge on any atom is -0.441 e. The first kappa shape index (κ1) is 29.1. The fraction of sp³-hybridized carbons (Fsp3) is 0.429. The smallest absolute Gasteiger partial charge is 0.407 e. The number of fused-ring (bicyclic) bond motifs is 5. The van der Waals surface area contributed by atoms with Crippen LogP contribution in [0.2, 0.25) is 0 Å². The van der Waals surface area contributed by atoms with Gasteiger partial charge in [0.1, 0.15) is 11.8 Å². The first-order valence-electron chi connectivity index (χ1n) is 13.1. The highest BCUT2D eigenvalue weighted by Crippen LogP contribution is 2.41. The summed E-state index contributed by atoms with van der Waals surface area (Å²) in [4.78, 5) is 12.8. The summed E-state index contributed by atoms with van der Waals surface area (Å²) in [5, 5.41) is 28.6. The van der Waals surface area contributed by atoms with Crippen LogP contribution in [0, 0.1) is 5.41 Å². The van der Waals surface area contributed by atoms with Gasteiger partial charge in [-0.15, -0.1) is 5.10 Å². The lowest BCUT2D eigenvalue weighted by Crippen LogP contribution is -2.30. The standard InChI is InChI=1S/C28H35N5O4S2/c1-20(29)7-6-17-38-39-18-16-36-15-12-30-28(35)37-25-19-21-8-2-3-9-22(21)26-27(33(13-14-34)32-31-26)24-11-5-4-10-23(24)25/h2-5,8-11,25,29,34H,6-7,12-19H2,1H3,(H,30,35). The zero-order chi connectivity index (χ0) is 27.5. The molecule has 1 aromatic heterocycles. The van der Waals surface area contributed by atoms with Gasteiger partial charge >= 0.3 is 6.09 Å². The average Bonchev–Trinajstić information content (AvgIpc) is 3.33. The molecule has 208 valence electrons. The Morgan fingerprint density at radius 1 is 1.13 bits per heavy atom. The maximum atomic E-state index is 12.8. The topological polar surface area (TPSA) is 122 Å². The van der Waals surface area contributed by atoms with E-state index in [0.29, 0.717) is 32.7 Å². The van der Waals surface area contributed by atoms with Crippen molar-refractivity contribution in [3.05, 3.63) is 59.7 Å². The molecule has 2 aromatic carbocycles. The summed E-state index contributed by atoms with van der Waals surface area (Å²) in [5.74, 6) is 1.91. The van der Waals surface area contributed by atoms with Crippen molar-refractivity contribution in [2.24, 2.45) is 0 Å². The molecule has 39 heavy (non-hydrogen) atoms. The maximum absolute atomic E-state index is 12.8. The molecule has 0 spiro atoms. The number of nitrogens with one attached hydrogen (secondary N) is 2. The van der Waals surface area contributed by atoms with Crippen molar-refractivity contribution in [2.75, 3.05) is 37.9 Å². The van der Waals surface area contributed by atoms with Crippen LogP contribution >= 0.6 is 21.6 Å². The van der Waals surface area contributed by atoms with E-state index in [2.05, 4.69) is 15.6 Å². The van der Waals surface area contributed by atoms with Gasteiger partial charge in [-0.2, -0.15) is 0 Å². The number of carbonyl (C=O) groups excluding carboxylic acids is 1. The summed E-state index contributed by atoms with van der Waals surface area (Å²) in [5.41, 5.74) is 5.98. The Morgan fingerprint density at radius 2 is 1.90 bits per heavy atom. The van der Waals surface area contributed by atoms with Gasteiger partial charge in [-0.3, -0.25) is 0 Å². The zero-order valence-corrected chi connectivity index (χ0v) is 23.7. The summed E-state index contributed by atoms with van der Waals surface area (Å²) < 4.78 is 13.3. The molecule has 11 heteroatoms. The molecule has 4 rings (SSSR count). The number of hydrogen-bond acceptors (Lipinski definition) is 9. The number of aromatic nitrogens is 3. The predicted octanol–water partition coefficient (Wildman–Crippen LogP) is 5.15. The van der Waals surface area contributed by atoms with E-state index < -0.39 is 12.2 Å². The summed E-state index contributed by atoms with van der Waals surface area (Å²) in [7, 11) is 3.57. The van der Waals surface area contributed by atoms with Gasteiger partial charge in [0.05, 0.1) is 32.1 Å². The summed E-state index contributed by atoms with van der Waals surface area (Å²) in [6.45, 7) is 3.47. The highest BCUT2D eigenvalue weighted by Gasteiger charge is 2.29. The minimum absolute atomic E-state index is 0.0627. The second kappa shape index (κ2) is 15.1. The van der Waals surface area contributed by atoms with E-state index in [1.807, 2.05) is 55.5 Å². The lowest BCUT2D eigenvalue weighted by atomic mass is 9.87. The van der Waals surface area contributed by atoms with Crippen LogP contribution in [0.1, 0.15) is 37.0 Å².